The van der Waals surface area contributed by atoms with E-state index < -0.39 is 0 Å². The predicted octanol–water partition coefficient (Wildman–Crippen LogP) is 3.77. The van der Waals surface area contributed by atoms with Crippen molar-refractivity contribution in [3.05, 3.63) is 44.6 Å². The van der Waals surface area contributed by atoms with Gasteiger partial charge in [-0.05, 0) is 44.8 Å². The average molecular weight is 360 g/mol. The molecule has 0 unspecified atom stereocenters. The zero-order chi connectivity index (χ0) is 12.4. The first-order valence-corrected chi connectivity index (χ1v) is 6.71. The van der Waals surface area contributed by atoms with Gasteiger partial charge in [-0.1, -0.05) is 17.7 Å². The number of hydrogen-bond acceptors (Lipinski definition) is 2. The van der Waals surface area contributed by atoms with Crippen molar-refractivity contribution in [2.45, 2.75) is 13.5 Å². The smallest absolute Gasteiger partial charge is 0.129 e. The van der Waals surface area contributed by atoms with Crippen molar-refractivity contribution in [3.8, 4) is 5.75 Å². The number of rotatable bonds is 3. The van der Waals surface area contributed by atoms with Crippen LogP contribution < -0.4 is 4.74 Å². The van der Waals surface area contributed by atoms with Gasteiger partial charge in [-0.2, -0.15) is 5.10 Å². The van der Waals surface area contributed by atoms with E-state index in [9.17, 15) is 0 Å². The molecule has 0 amide bonds. The fourth-order valence-corrected chi connectivity index (χ4v) is 2.80. The maximum absolute atomic E-state index is 5.35. The third-order valence-corrected chi connectivity index (χ3v) is 3.48. The first-order valence-electron chi connectivity index (χ1n) is 5.12. The van der Waals surface area contributed by atoms with Gasteiger partial charge in [0.25, 0.3) is 0 Å². The van der Waals surface area contributed by atoms with Gasteiger partial charge in [-0.15, -0.1) is 0 Å². The Balaban J connectivity index is 2.35. The fraction of sp³-hybridized carbons (Fsp3) is 0.250. The third kappa shape index (κ3) is 2.90. The second-order valence-corrected chi connectivity index (χ2v) is 5.39. The summed E-state index contributed by atoms with van der Waals surface area (Å²) >= 11 is 6.82. The van der Waals surface area contributed by atoms with Crippen molar-refractivity contribution in [1.29, 1.82) is 0 Å². The Morgan fingerprint density at radius 3 is 2.65 bits per heavy atom. The van der Waals surface area contributed by atoms with E-state index in [0.717, 1.165) is 20.5 Å². The SMILES string of the molecule is COc1ccc(C)cc1Cn1nc(Br)cc1Br. The van der Waals surface area contributed by atoms with Gasteiger partial charge in [0.1, 0.15) is 15.0 Å². The molecule has 1 aromatic heterocycles. The number of halogens is 2. The van der Waals surface area contributed by atoms with E-state index in [1.165, 1.54) is 5.56 Å². The first-order chi connectivity index (χ1) is 8.10. The number of nitrogens with zero attached hydrogens (tertiary/aromatic N) is 2. The standard InChI is InChI=1S/C12H12Br2N2O/c1-8-3-4-10(17-2)9(5-8)7-16-12(14)6-11(13)15-16/h3-6H,7H2,1-2H3. The number of methoxy groups -OCH3 is 1. The van der Waals surface area contributed by atoms with Crippen LogP contribution >= 0.6 is 31.9 Å². The highest BCUT2D eigenvalue weighted by Crippen LogP contribution is 2.23. The molecule has 17 heavy (non-hydrogen) atoms. The lowest BCUT2D eigenvalue weighted by Crippen LogP contribution is -2.04. The molecule has 90 valence electrons. The maximum atomic E-state index is 5.35. The Morgan fingerprint density at radius 2 is 2.06 bits per heavy atom. The van der Waals surface area contributed by atoms with E-state index in [-0.39, 0.29) is 0 Å². The van der Waals surface area contributed by atoms with Gasteiger partial charge >= 0.3 is 0 Å². The molecular weight excluding hydrogens is 348 g/mol. The molecule has 0 aliphatic rings. The van der Waals surface area contributed by atoms with E-state index >= 15 is 0 Å². The molecular formula is C12H12Br2N2O. The maximum Gasteiger partial charge on any atom is 0.129 e. The fourth-order valence-electron chi connectivity index (χ4n) is 1.67. The van der Waals surface area contributed by atoms with E-state index in [4.69, 9.17) is 4.74 Å². The molecule has 0 aliphatic carbocycles. The highest BCUT2D eigenvalue weighted by Gasteiger charge is 2.08. The Labute approximate surface area is 117 Å². The molecule has 0 saturated carbocycles. The number of aryl methyl sites for hydroxylation is 1. The Bertz CT molecular complexity index is 537. The van der Waals surface area contributed by atoms with Crippen LogP contribution in [-0.2, 0) is 6.54 Å². The Morgan fingerprint density at radius 1 is 1.29 bits per heavy atom. The Kier molecular flexibility index (Phi) is 3.89. The third-order valence-electron chi connectivity index (χ3n) is 2.46. The summed E-state index contributed by atoms with van der Waals surface area (Å²) in [5.41, 5.74) is 2.33. The summed E-state index contributed by atoms with van der Waals surface area (Å²) in [5.74, 6) is 0.883. The van der Waals surface area contributed by atoms with Gasteiger partial charge in [0.15, 0.2) is 0 Å². The van der Waals surface area contributed by atoms with Crippen molar-refractivity contribution in [2.75, 3.05) is 7.11 Å². The molecule has 0 atom stereocenters. The summed E-state index contributed by atoms with van der Waals surface area (Å²) in [6, 6.07) is 8.05. The van der Waals surface area contributed by atoms with Gasteiger partial charge < -0.3 is 4.74 Å². The molecule has 0 radical (unpaired) electrons. The molecule has 0 aliphatic heterocycles. The lowest BCUT2D eigenvalue weighted by atomic mass is 10.1. The van der Waals surface area contributed by atoms with Crippen LogP contribution in [0, 0.1) is 6.92 Å². The van der Waals surface area contributed by atoms with Gasteiger partial charge in [0.2, 0.25) is 0 Å². The molecule has 0 spiro atoms. The lowest BCUT2D eigenvalue weighted by Gasteiger charge is -2.10. The van der Waals surface area contributed by atoms with Crippen LogP contribution in [-0.4, -0.2) is 16.9 Å². The van der Waals surface area contributed by atoms with Crippen molar-refractivity contribution in [1.82, 2.24) is 9.78 Å². The molecule has 5 heteroatoms. The second-order valence-electron chi connectivity index (χ2n) is 3.76. The normalized spacial score (nSPS) is 10.6. The minimum absolute atomic E-state index is 0.678. The molecule has 0 fully saturated rings. The van der Waals surface area contributed by atoms with Crippen molar-refractivity contribution < 1.29 is 4.74 Å². The molecule has 0 N–H and O–H groups in total. The van der Waals surface area contributed by atoms with Crippen LogP contribution in [0.25, 0.3) is 0 Å². The largest absolute Gasteiger partial charge is 0.496 e. The van der Waals surface area contributed by atoms with Gasteiger partial charge in [0.05, 0.1) is 13.7 Å². The predicted molar refractivity (Wildman–Crippen MR) is 74.5 cm³/mol. The molecule has 0 saturated heterocycles. The van der Waals surface area contributed by atoms with Crippen molar-refractivity contribution >= 4 is 31.9 Å². The second kappa shape index (κ2) is 5.23. The van der Waals surface area contributed by atoms with Crippen molar-refractivity contribution in [2.24, 2.45) is 0 Å². The van der Waals surface area contributed by atoms with Crippen LogP contribution in [0.15, 0.2) is 33.5 Å². The first kappa shape index (κ1) is 12.6. The summed E-state index contributed by atoms with van der Waals surface area (Å²) in [6.07, 6.45) is 0. The van der Waals surface area contributed by atoms with Crippen LogP contribution in [0.1, 0.15) is 11.1 Å². The number of aromatic nitrogens is 2. The van der Waals surface area contributed by atoms with E-state index in [1.807, 2.05) is 22.9 Å². The van der Waals surface area contributed by atoms with Crippen LogP contribution in [0.3, 0.4) is 0 Å². The Hall–Kier alpha value is -0.810. The van der Waals surface area contributed by atoms with Crippen LogP contribution in [0.5, 0.6) is 5.75 Å². The van der Waals surface area contributed by atoms with Gasteiger partial charge in [-0.25, -0.2) is 0 Å². The van der Waals surface area contributed by atoms with E-state index in [0.29, 0.717) is 6.54 Å². The highest BCUT2D eigenvalue weighted by molar-refractivity contribution is 9.11. The monoisotopic (exact) mass is 358 g/mol. The molecule has 1 aromatic carbocycles. The van der Waals surface area contributed by atoms with Crippen LogP contribution in [0.2, 0.25) is 0 Å². The molecule has 0 bridgehead atoms. The summed E-state index contributed by atoms with van der Waals surface area (Å²) in [5, 5.41) is 4.34. The topological polar surface area (TPSA) is 27.1 Å². The van der Waals surface area contributed by atoms with E-state index in [2.05, 4.69) is 49.9 Å². The minimum atomic E-state index is 0.678. The van der Waals surface area contributed by atoms with Gasteiger partial charge in [0, 0.05) is 11.6 Å². The van der Waals surface area contributed by atoms with E-state index in [1.54, 1.807) is 7.11 Å². The zero-order valence-corrected chi connectivity index (χ0v) is 12.7. The van der Waals surface area contributed by atoms with Crippen molar-refractivity contribution in [3.63, 3.8) is 0 Å². The zero-order valence-electron chi connectivity index (χ0n) is 9.58. The lowest BCUT2D eigenvalue weighted by molar-refractivity contribution is 0.407. The number of ether oxygens (including phenoxy) is 1. The molecule has 2 aromatic rings. The summed E-state index contributed by atoms with van der Waals surface area (Å²) in [4.78, 5) is 0. The van der Waals surface area contributed by atoms with Crippen LogP contribution in [0.4, 0.5) is 0 Å². The number of benzene rings is 1. The molecule has 2 rings (SSSR count). The number of hydrogen-bond donors (Lipinski definition) is 0. The summed E-state index contributed by atoms with van der Waals surface area (Å²) < 4.78 is 8.98. The average Bonchev–Trinajstić information content (AvgIpc) is 2.58. The summed E-state index contributed by atoms with van der Waals surface area (Å²) in [7, 11) is 1.68. The highest BCUT2D eigenvalue weighted by atomic mass is 79.9. The molecule has 3 nitrogen and oxygen atoms in total. The minimum Gasteiger partial charge on any atom is -0.496 e. The quantitative estimate of drug-likeness (QED) is 0.833. The summed E-state index contributed by atoms with van der Waals surface area (Å²) in [6.45, 7) is 2.74. The van der Waals surface area contributed by atoms with Gasteiger partial charge in [-0.3, -0.25) is 4.68 Å². The molecule has 1 heterocycles.